The predicted octanol–water partition coefficient (Wildman–Crippen LogP) is 3.11. The van der Waals surface area contributed by atoms with Crippen molar-refractivity contribution in [1.82, 2.24) is 5.32 Å². The van der Waals surface area contributed by atoms with E-state index in [1.807, 2.05) is 24.3 Å². The van der Waals surface area contributed by atoms with Crippen LogP contribution in [0.2, 0.25) is 0 Å². The number of amides is 1. The summed E-state index contributed by atoms with van der Waals surface area (Å²) in [5.41, 5.74) is 2.09. The molecule has 0 saturated heterocycles. The van der Waals surface area contributed by atoms with Gasteiger partial charge in [0.25, 0.3) is 5.91 Å². The number of hydrogen-bond acceptors (Lipinski definition) is 1. The van der Waals surface area contributed by atoms with Gasteiger partial charge in [-0.25, -0.2) is 0 Å². The Morgan fingerprint density at radius 1 is 1.25 bits per heavy atom. The third-order valence-electron chi connectivity index (χ3n) is 2.39. The van der Waals surface area contributed by atoms with Crippen LogP contribution >= 0.6 is 15.9 Å². The van der Waals surface area contributed by atoms with E-state index in [0.29, 0.717) is 12.1 Å². The van der Waals surface area contributed by atoms with E-state index in [1.165, 1.54) is 5.56 Å². The number of hydrogen-bond donors (Lipinski definition) is 1. The van der Waals surface area contributed by atoms with E-state index in [-0.39, 0.29) is 11.3 Å². The fourth-order valence-corrected chi connectivity index (χ4v) is 1.58. The third kappa shape index (κ3) is 3.63. The highest BCUT2D eigenvalue weighted by atomic mass is 79.9. The Kier molecular flexibility index (Phi) is 4.54. The maximum Gasteiger partial charge on any atom is 0.251 e. The molecular weight excluding hydrogens is 266 g/mol. The molecular formula is C13H18BrNO. The number of benzene rings is 1. The summed E-state index contributed by atoms with van der Waals surface area (Å²) >= 11 is 3.27. The van der Waals surface area contributed by atoms with Crippen LogP contribution in [0.25, 0.3) is 0 Å². The lowest BCUT2D eigenvalue weighted by Crippen LogP contribution is -2.25. The molecule has 1 aromatic carbocycles. The van der Waals surface area contributed by atoms with Crippen LogP contribution in [-0.2, 0) is 5.41 Å². The number of rotatable bonds is 3. The van der Waals surface area contributed by atoms with Crippen LogP contribution in [0.3, 0.4) is 0 Å². The first-order valence-corrected chi connectivity index (χ1v) is 6.52. The SMILES string of the molecule is CC(C)(C)c1ccc(C(=O)NCCBr)cc1. The van der Waals surface area contributed by atoms with E-state index in [9.17, 15) is 4.79 Å². The van der Waals surface area contributed by atoms with Crippen LogP contribution in [0.5, 0.6) is 0 Å². The molecule has 0 aliphatic heterocycles. The Hall–Kier alpha value is -0.830. The van der Waals surface area contributed by atoms with Crippen molar-refractivity contribution >= 4 is 21.8 Å². The summed E-state index contributed by atoms with van der Waals surface area (Å²) in [5, 5.41) is 3.60. The summed E-state index contributed by atoms with van der Waals surface area (Å²) in [7, 11) is 0. The summed E-state index contributed by atoms with van der Waals surface area (Å²) in [6, 6.07) is 7.79. The number of alkyl halides is 1. The van der Waals surface area contributed by atoms with Crippen molar-refractivity contribution in [3.05, 3.63) is 35.4 Å². The van der Waals surface area contributed by atoms with E-state index in [4.69, 9.17) is 0 Å². The molecule has 3 heteroatoms. The quantitative estimate of drug-likeness (QED) is 0.849. The topological polar surface area (TPSA) is 29.1 Å². The molecule has 0 spiro atoms. The molecule has 0 heterocycles. The minimum atomic E-state index is -0.0140. The second kappa shape index (κ2) is 5.48. The summed E-state index contributed by atoms with van der Waals surface area (Å²) in [5.74, 6) is -0.0140. The average molecular weight is 284 g/mol. The molecule has 0 aliphatic carbocycles. The van der Waals surface area contributed by atoms with Crippen LogP contribution in [0, 0.1) is 0 Å². The molecule has 0 bridgehead atoms. The van der Waals surface area contributed by atoms with Gasteiger partial charge in [0.2, 0.25) is 0 Å². The number of nitrogens with one attached hydrogen (secondary N) is 1. The molecule has 0 atom stereocenters. The molecule has 88 valence electrons. The summed E-state index contributed by atoms with van der Waals surface area (Å²) < 4.78 is 0. The van der Waals surface area contributed by atoms with Crippen LogP contribution in [0.15, 0.2) is 24.3 Å². The average Bonchev–Trinajstić information content (AvgIpc) is 2.25. The number of halogens is 1. The van der Waals surface area contributed by atoms with Crippen molar-refractivity contribution in [3.8, 4) is 0 Å². The number of carbonyl (C=O) groups excluding carboxylic acids is 1. The van der Waals surface area contributed by atoms with E-state index in [1.54, 1.807) is 0 Å². The Bertz CT molecular complexity index is 351. The van der Waals surface area contributed by atoms with Crippen LogP contribution in [0.4, 0.5) is 0 Å². The van der Waals surface area contributed by atoms with Crippen LogP contribution in [0.1, 0.15) is 36.7 Å². The van der Waals surface area contributed by atoms with Gasteiger partial charge < -0.3 is 5.32 Å². The van der Waals surface area contributed by atoms with Gasteiger partial charge >= 0.3 is 0 Å². The van der Waals surface area contributed by atoms with Gasteiger partial charge in [0, 0.05) is 17.4 Å². The molecule has 2 nitrogen and oxygen atoms in total. The Morgan fingerprint density at radius 3 is 2.25 bits per heavy atom. The summed E-state index contributed by atoms with van der Waals surface area (Å²) in [4.78, 5) is 11.6. The van der Waals surface area contributed by atoms with Crippen molar-refractivity contribution in [2.75, 3.05) is 11.9 Å². The minimum absolute atomic E-state index is 0.0140. The molecule has 1 aromatic rings. The second-order valence-electron chi connectivity index (χ2n) is 4.77. The highest BCUT2D eigenvalue weighted by molar-refractivity contribution is 9.09. The number of carbonyl (C=O) groups is 1. The van der Waals surface area contributed by atoms with Gasteiger partial charge in [-0.2, -0.15) is 0 Å². The Balaban J connectivity index is 2.75. The zero-order chi connectivity index (χ0) is 12.2. The predicted molar refractivity (Wildman–Crippen MR) is 71.3 cm³/mol. The molecule has 0 fully saturated rings. The lowest BCUT2D eigenvalue weighted by molar-refractivity contribution is 0.0956. The van der Waals surface area contributed by atoms with Gasteiger partial charge in [0.15, 0.2) is 0 Å². The van der Waals surface area contributed by atoms with E-state index >= 15 is 0 Å². The van der Waals surface area contributed by atoms with Gasteiger partial charge in [-0.15, -0.1) is 0 Å². The van der Waals surface area contributed by atoms with Gasteiger partial charge in [0.05, 0.1) is 0 Å². The van der Waals surface area contributed by atoms with Crippen molar-refractivity contribution in [3.63, 3.8) is 0 Å². The first kappa shape index (κ1) is 13.2. The zero-order valence-corrected chi connectivity index (χ0v) is 11.6. The van der Waals surface area contributed by atoms with Crippen LogP contribution < -0.4 is 5.32 Å². The first-order valence-electron chi connectivity index (χ1n) is 5.40. The van der Waals surface area contributed by atoms with Crippen molar-refractivity contribution in [1.29, 1.82) is 0 Å². The molecule has 1 N–H and O–H groups in total. The van der Waals surface area contributed by atoms with E-state index in [0.717, 1.165) is 5.33 Å². The second-order valence-corrected chi connectivity index (χ2v) is 5.57. The van der Waals surface area contributed by atoms with Crippen molar-refractivity contribution < 1.29 is 4.79 Å². The smallest absolute Gasteiger partial charge is 0.251 e. The lowest BCUT2D eigenvalue weighted by Gasteiger charge is -2.19. The molecule has 0 aliphatic rings. The van der Waals surface area contributed by atoms with Crippen molar-refractivity contribution in [2.45, 2.75) is 26.2 Å². The first-order chi connectivity index (χ1) is 7.45. The maximum atomic E-state index is 11.6. The molecule has 16 heavy (non-hydrogen) atoms. The molecule has 1 rings (SSSR count). The van der Waals surface area contributed by atoms with E-state index in [2.05, 4.69) is 42.0 Å². The fraction of sp³-hybridized carbons (Fsp3) is 0.462. The Morgan fingerprint density at radius 2 is 1.81 bits per heavy atom. The lowest BCUT2D eigenvalue weighted by atomic mass is 9.87. The third-order valence-corrected chi connectivity index (χ3v) is 2.79. The van der Waals surface area contributed by atoms with Gasteiger partial charge in [0.1, 0.15) is 0 Å². The largest absolute Gasteiger partial charge is 0.351 e. The van der Waals surface area contributed by atoms with Gasteiger partial charge in [-0.05, 0) is 23.1 Å². The normalized spacial score (nSPS) is 11.2. The van der Waals surface area contributed by atoms with Crippen LogP contribution in [-0.4, -0.2) is 17.8 Å². The fourth-order valence-electron chi connectivity index (χ4n) is 1.38. The maximum absolute atomic E-state index is 11.6. The van der Waals surface area contributed by atoms with Gasteiger partial charge in [-0.3, -0.25) is 4.79 Å². The molecule has 0 radical (unpaired) electrons. The minimum Gasteiger partial charge on any atom is -0.351 e. The van der Waals surface area contributed by atoms with Gasteiger partial charge in [-0.1, -0.05) is 48.8 Å². The Labute approximate surface area is 106 Å². The molecule has 0 saturated carbocycles. The van der Waals surface area contributed by atoms with Crippen molar-refractivity contribution in [2.24, 2.45) is 0 Å². The highest BCUT2D eigenvalue weighted by Gasteiger charge is 2.13. The summed E-state index contributed by atoms with van der Waals surface area (Å²) in [6.45, 7) is 7.13. The summed E-state index contributed by atoms with van der Waals surface area (Å²) in [6.07, 6.45) is 0. The molecule has 0 aromatic heterocycles. The monoisotopic (exact) mass is 283 g/mol. The molecule has 0 unspecified atom stereocenters. The highest BCUT2D eigenvalue weighted by Crippen LogP contribution is 2.22. The van der Waals surface area contributed by atoms with E-state index < -0.39 is 0 Å². The zero-order valence-electron chi connectivity index (χ0n) is 10.0. The molecule has 1 amide bonds. The standard InChI is InChI=1S/C13H18BrNO/c1-13(2,3)11-6-4-10(5-7-11)12(16)15-9-8-14/h4-7H,8-9H2,1-3H3,(H,15,16).